The molecule has 4 rings (SSSR count). The molecule has 9 heteroatoms. The SMILES string of the molecule is CO[C@@](C(=O)N1CCC2(CC1)CC(=O)NC[C@H]2c1ccccc1Cl)(c1ccccc1)C(F)(F)F. The van der Waals surface area contributed by atoms with Crippen LogP contribution < -0.4 is 5.32 Å². The Morgan fingerprint density at radius 2 is 1.71 bits per heavy atom. The van der Waals surface area contributed by atoms with Gasteiger partial charge in [0.15, 0.2) is 0 Å². The molecule has 2 heterocycles. The third-order valence-electron chi connectivity index (χ3n) is 7.27. The maximum absolute atomic E-state index is 14.4. The van der Waals surface area contributed by atoms with E-state index in [1.807, 2.05) is 18.2 Å². The fourth-order valence-corrected chi connectivity index (χ4v) is 5.71. The van der Waals surface area contributed by atoms with Crippen LogP contribution in [-0.2, 0) is 19.9 Å². The van der Waals surface area contributed by atoms with Gasteiger partial charge in [-0.05, 0) is 29.9 Å². The molecule has 2 aromatic rings. The molecule has 2 fully saturated rings. The van der Waals surface area contributed by atoms with Gasteiger partial charge in [0.25, 0.3) is 11.5 Å². The lowest BCUT2D eigenvalue weighted by Gasteiger charge is -2.50. The van der Waals surface area contributed by atoms with E-state index in [2.05, 4.69) is 5.32 Å². The lowest BCUT2D eigenvalue weighted by Crippen LogP contribution is -2.60. The number of halogens is 4. The van der Waals surface area contributed by atoms with E-state index < -0.39 is 23.1 Å². The van der Waals surface area contributed by atoms with Gasteiger partial charge in [-0.1, -0.05) is 60.1 Å². The highest BCUT2D eigenvalue weighted by molar-refractivity contribution is 6.31. The van der Waals surface area contributed by atoms with Crippen molar-refractivity contribution in [3.8, 4) is 0 Å². The number of alkyl halides is 3. The Kier molecular flexibility index (Phi) is 6.66. The highest BCUT2D eigenvalue weighted by Gasteiger charge is 2.64. The number of hydrogen-bond acceptors (Lipinski definition) is 3. The van der Waals surface area contributed by atoms with Gasteiger partial charge < -0.3 is 15.0 Å². The van der Waals surface area contributed by atoms with E-state index >= 15 is 0 Å². The number of likely N-dealkylation sites (tertiary alicyclic amines) is 1. The van der Waals surface area contributed by atoms with Gasteiger partial charge >= 0.3 is 6.18 Å². The van der Waals surface area contributed by atoms with Gasteiger partial charge in [-0.2, -0.15) is 13.2 Å². The van der Waals surface area contributed by atoms with Crippen molar-refractivity contribution in [1.82, 2.24) is 10.2 Å². The van der Waals surface area contributed by atoms with E-state index in [1.54, 1.807) is 12.1 Å². The summed E-state index contributed by atoms with van der Waals surface area (Å²) in [6.07, 6.45) is -3.96. The molecule has 2 aromatic carbocycles. The topological polar surface area (TPSA) is 58.6 Å². The number of carbonyl (C=O) groups excluding carboxylic acids is 2. The number of benzene rings is 2. The highest BCUT2D eigenvalue weighted by atomic mass is 35.5. The van der Waals surface area contributed by atoms with Crippen LogP contribution in [0, 0.1) is 5.41 Å². The summed E-state index contributed by atoms with van der Waals surface area (Å²) in [5, 5.41) is 3.48. The Morgan fingerprint density at radius 1 is 1.09 bits per heavy atom. The summed E-state index contributed by atoms with van der Waals surface area (Å²) in [6, 6.07) is 14.4. The Bertz CT molecular complexity index is 1050. The van der Waals surface area contributed by atoms with Crippen LogP contribution in [0.4, 0.5) is 13.2 Å². The predicted molar refractivity (Wildman–Crippen MR) is 121 cm³/mol. The summed E-state index contributed by atoms with van der Waals surface area (Å²) < 4.78 is 48.0. The van der Waals surface area contributed by atoms with Gasteiger partial charge in [-0.3, -0.25) is 9.59 Å². The van der Waals surface area contributed by atoms with Crippen molar-refractivity contribution < 1.29 is 27.5 Å². The quantitative estimate of drug-likeness (QED) is 0.672. The van der Waals surface area contributed by atoms with Crippen molar-refractivity contribution >= 4 is 23.4 Å². The van der Waals surface area contributed by atoms with Crippen molar-refractivity contribution in [3.05, 3.63) is 70.7 Å². The second-order valence-corrected chi connectivity index (χ2v) is 9.37. The first-order valence-corrected chi connectivity index (χ1v) is 11.5. The number of carbonyl (C=O) groups is 2. The summed E-state index contributed by atoms with van der Waals surface area (Å²) in [4.78, 5) is 27.0. The predicted octanol–water partition coefficient (Wildman–Crippen LogP) is 4.66. The first kappa shape index (κ1) is 24.5. The molecule has 2 aliphatic rings. The van der Waals surface area contributed by atoms with Gasteiger partial charge in [0.05, 0.1) is 0 Å². The van der Waals surface area contributed by atoms with Crippen LogP contribution in [0.2, 0.25) is 5.02 Å². The van der Waals surface area contributed by atoms with Crippen molar-refractivity contribution in [1.29, 1.82) is 0 Å². The average molecular weight is 495 g/mol. The monoisotopic (exact) mass is 494 g/mol. The molecule has 2 saturated heterocycles. The molecule has 34 heavy (non-hydrogen) atoms. The zero-order valence-electron chi connectivity index (χ0n) is 18.7. The van der Waals surface area contributed by atoms with Gasteiger partial charge in [-0.15, -0.1) is 0 Å². The van der Waals surface area contributed by atoms with Crippen LogP contribution in [0.3, 0.4) is 0 Å². The van der Waals surface area contributed by atoms with E-state index in [0.717, 1.165) is 12.7 Å². The summed E-state index contributed by atoms with van der Waals surface area (Å²) in [7, 11) is 0.905. The third kappa shape index (κ3) is 4.07. The first-order chi connectivity index (χ1) is 16.1. The molecule has 0 unspecified atom stereocenters. The van der Waals surface area contributed by atoms with Gasteiger partial charge in [0.2, 0.25) is 5.91 Å². The summed E-state index contributed by atoms with van der Waals surface area (Å²) in [5.74, 6) is -1.34. The third-order valence-corrected chi connectivity index (χ3v) is 7.61. The van der Waals surface area contributed by atoms with E-state index in [0.29, 0.717) is 24.4 Å². The molecule has 0 saturated carbocycles. The fraction of sp³-hybridized carbons (Fsp3) is 0.440. The molecule has 2 amide bonds. The second kappa shape index (κ2) is 9.23. The number of ether oxygens (including phenoxy) is 1. The molecule has 0 aliphatic carbocycles. The van der Waals surface area contributed by atoms with Crippen molar-refractivity contribution in [2.75, 3.05) is 26.7 Å². The second-order valence-electron chi connectivity index (χ2n) is 8.96. The molecule has 0 bridgehead atoms. The minimum atomic E-state index is -4.96. The highest BCUT2D eigenvalue weighted by Crippen LogP contribution is 2.51. The fourth-order valence-electron chi connectivity index (χ4n) is 5.44. The Balaban J connectivity index is 1.63. The molecular weight excluding hydrogens is 469 g/mol. The number of nitrogens with one attached hydrogen (secondary N) is 1. The normalized spacial score (nSPS) is 22.2. The maximum atomic E-state index is 14.4. The Labute approximate surface area is 201 Å². The van der Waals surface area contributed by atoms with Gasteiger partial charge in [-0.25, -0.2) is 0 Å². The van der Waals surface area contributed by atoms with Gasteiger partial charge in [0, 0.05) is 49.7 Å². The number of methoxy groups -OCH3 is 1. The Hall–Kier alpha value is -2.58. The number of piperidine rings is 2. The van der Waals surface area contributed by atoms with Crippen molar-refractivity contribution in [2.45, 2.75) is 37.0 Å². The smallest absolute Gasteiger partial charge is 0.356 e. The van der Waals surface area contributed by atoms with Crippen molar-refractivity contribution in [2.24, 2.45) is 5.41 Å². The summed E-state index contributed by atoms with van der Waals surface area (Å²) in [6.45, 7) is 0.563. The van der Waals surface area contributed by atoms with Crippen LogP contribution in [0.5, 0.6) is 0 Å². The molecule has 2 aliphatic heterocycles. The van der Waals surface area contributed by atoms with Crippen LogP contribution >= 0.6 is 11.6 Å². The van der Waals surface area contributed by atoms with Crippen molar-refractivity contribution in [3.63, 3.8) is 0 Å². The lowest BCUT2D eigenvalue weighted by molar-refractivity contribution is -0.271. The van der Waals surface area contributed by atoms with E-state index in [-0.39, 0.29) is 36.9 Å². The van der Waals surface area contributed by atoms with Crippen LogP contribution in [-0.4, -0.2) is 49.6 Å². The molecule has 0 aromatic heterocycles. The van der Waals surface area contributed by atoms with Crippen LogP contribution in [0.1, 0.15) is 36.3 Å². The molecule has 0 radical (unpaired) electrons. The number of amides is 2. The van der Waals surface area contributed by atoms with Gasteiger partial charge in [0.1, 0.15) is 0 Å². The van der Waals surface area contributed by atoms with E-state index in [4.69, 9.17) is 16.3 Å². The molecule has 1 spiro atoms. The summed E-state index contributed by atoms with van der Waals surface area (Å²) in [5.41, 5.74) is -2.95. The zero-order valence-corrected chi connectivity index (χ0v) is 19.5. The molecular formula is C25H26ClF3N2O3. The zero-order chi connectivity index (χ0) is 24.6. The average Bonchev–Trinajstić information content (AvgIpc) is 2.81. The maximum Gasteiger partial charge on any atom is 0.430 e. The molecule has 2 atom stereocenters. The summed E-state index contributed by atoms with van der Waals surface area (Å²) >= 11 is 6.45. The largest absolute Gasteiger partial charge is 0.430 e. The van der Waals surface area contributed by atoms with E-state index in [1.165, 1.54) is 29.2 Å². The molecule has 5 nitrogen and oxygen atoms in total. The molecule has 182 valence electrons. The minimum Gasteiger partial charge on any atom is -0.356 e. The van der Waals surface area contributed by atoms with E-state index in [9.17, 15) is 22.8 Å². The standard InChI is InChI=1S/C25H26ClF3N2O3/c1-34-24(25(27,28)29,17-7-3-2-4-8-17)22(33)31-13-11-23(12-14-31)15-21(32)30-16-19(23)18-9-5-6-10-20(18)26/h2-10,19H,11-16H2,1H3,(H,30,32)/t19-,24+/m0/s1. The van der Waals surface area contributed by atoms with Crippen LogP contribution in [0.15, 0.2) is 54.6 Å². The molecule has 1 N–H and O–H groups in total. The minimum absolute atomic E-state index is 0.0844. The number of hydrogen-bond donors (Lipinski definition) is 1. The lowest BCUT2D eigenvalue weighted by atomic mass is 9.62. The number of rotatable bonds is 4. The van der Waals surface area contributed by atoms with Crippen LogP contribution in [0.25, 0.3) is 0 Å². The first-order valence-electron chi connectivity index (χ1n) is 11.1. The number of nitrogens with zero attached hydrogens (tertiary/aromatic N) is 1. The Morgan fingerprint density at radius 3 is 2.29 bits per heavy atom.